The van der Waals surface area contributed by atoms with Crippen LogP contribution in [0.4, 0.5) is 0 Å². The fraction of sp³-hybridized carbons (Fsp3) is 0.444. The summed E-state index contributed by atoms with van der Waals surface area (Å²) in [6.45, 7) is 3.95. The molecule has 0 spiro atoms. The Morgan fingerprint density at radius 2 is 1.73 bits per heavy atom. The summed E-state index contributed by atoms with van der Waals surface area (Å²) in [6.07, 6.45) is 10.8. The molecule has 0 aromatic heterocycles. The molecule has 0 bridgehead atoms. The zero-order valence-corrected chi connectivity index (χ0v) is 14.7. The van der Waals surface area contributed by atoms with Crippen molar-refractivity contribution in [2.75, 3.05) is 14.2 Å². The molecule has 122 valence electrons. The van der Waals surface area contributed by atoms with E-state index < -0.39 is 0 Å². The molecule has 4 heteroatoms. The Balaban J connectivity index is 2.73. The van der Waals surface area contributed by atoms with Crippen molar-refractivity contribution >= 4 is 12.0 Å². The highest BCUT2D eigenvalue weighted by Gasteiger charge is 2.23. The first-order chi connectivity index (χ1) is 10.6. The molecule has 1 aromatic rings. The van der Waals surface area contributed by atoms with Gasteiger partial charge in [-0.25, -0.2) is 0 Å². The van der Waals surface area contributed by atoms with Crippen LogP contribution in [-0.4, -0.2) is 23.5 Å². The van der Waals surface area contributed by atoms with Gasteiger partial charge in [-0.1, -0.05) is 30.4 Å². The van der Waals surface area contributed by atoms with Crippen molar-refractivity contribution in [3.05, 3.63) is 48.1 Å². The third-order valence-electron chi connectivity index (χ3n) is 3.55. The number of hydrogen-bond donors (Lipinski definition) is 1. The van der Waals surface area contributed by atoms with Crippen LogP contribution in [0.5, 0.6) is 11.5 Å². The quantitative estimate of drug-likeness (QED) is 0.505. The summed E-state index contributed by atoms with van der Waals surface area (Å²) in [6, 6.07) is 6.00. The molecule has 0 fully saturated rings. The number of rotatable bonds is 9. The van der Waals surface area contributed by atoms with Gasteiger partial charge in [-0.15, -0.1) is 0 Å². The minimum absolute atomic E-state index is 0.333. The molecular weight excluding hydrogens is 296 g/mol. The normalized spacial score (nSPS) is 12.2. The molecule has 1 aromatic carbocycles. The van der Waals surface area contributed by atoms with Gasteiger partial charge in [0.2, 0.25) is 0 Å². The second-order valence-corrected chi connectivity index (χ2v) is 6.03. The lowest BCUT2D eigenvalue weighted by Crippen LogP contribution is -2.18. The molecule has 1 rings (SSSR count). The molecule has 0 amide bonds. The average Bonchev–Trinajstić information content (AvgIpc) is 2.55. The van der Waals surface area contributed by atoms with E-state index >= 15 is 0 Å². The summed E-state index contributed by atoms with van der Waals surface area (Å²) in [7, 11) is 3.28. The molecule has 0 aliphatic heterocycles. The number of ether oxygens (including phenoxy) is 2. The third-order valence-corrected chi connectivity index (χ3v) is 4.36. The topological polar surface area (TPSA) is 38.7 Å². The Bertz CT molecular complexity index is 497. The molecule has 0 aliphatic carbocycles. The van der Waals surface area contributed by atoms with Crippen molar-refractivity contribution in [2.45, 2.75) is 37.9 Å². The summed E-state index contributed by atoms with van der Waals surface area (Å²) < 4.78 is 19.9. The maximum Gasteiger partial charge on any atom is 0.160 e. The highest BCUT2D eigenvalue weighted by molar-refractivity contribution is 7.95. The van der Waals surface area contributed by atoms with Crippen LogP contribution in [0.2, 0.25) is 0 Å². The van der Waals surface area contributed by atoms with Gasteiger partial charge in [-0.05, 0) is 50.8 Å². The van der Waals surface area contributed by atoms with Gasteiger partial charge in [0.1, 0.15) is 0 Å². The van der Waals surface area contributed by atoms with Gasteiger partial charge in [0, 0.05) is 12.0 Å². The second-order valence-electron chi connectivity index (χ2n) is 5.09. The molecule has 0 aliphatic rings. The predicted octanol–water partition coefficient (Wildman–Crippen LogP) is 5.12. The maximum atomic E-state index is 9.66. The van der Waals surface area contributed by atoms with Gasteiger partial charge in [0.05, 0.1) is 19.0 Å². The molecule has 0 radical (unpaired) electrons. The van der Waals surface area contributed by atoms with Gasteiger partial charge >= 0.3 is 0 Å². The minimum Gasteiger partial charge on any atom is -0.493 e. The largest absolute Gasteiger partial charge is 0.493 e. The zero-order valence-electron chi connectivity index (χ0n) is 13.8. The van der Waals surface area contributed by atoms with Crippen molar-refractivity contribution in [2.24, 2.45) is 0 Å². The first-order valence-corrected chi connectivity index (χ1v) is 8.23. The summed E-state index contributed by atoms with van der Waals surface area (Å²) in [5.41, 5.74) is 1.20. The van der Waals surface area contributed by atoms with Crippen LogP contribution in [-0.2, 0) is 6.42 Å². The first kappa shape index (κ1) is 18.7. The van der Waals surface area contributed by atoms with Gasteiger partial charge < -0.3 is 14.0 Å². The fourth-order valence-corrected chi connectivity index (χ4v) is 3.13. The number of methoxy groups -OCH3 is 2. The average molecular weight is 322 g/mol. The van der Waals surface area contributed by atoms with E-state index in [9.17, 15) is 4.55 Å². The Morgan fingerprint density at radius 3 is 2.23 bits per heavy atom. The van der Waals surface area contributed by atoms with E-state index in [1.807, 2.05) is 50.3 Å². The highest BCUT2D eigenvalue weighted by atomic mass is 32.2. The van der Waals surface area contributed by atoms with Crippen LogP contribution < -0.4 is 9.47 Å². The van der Waals surface area contributed by atoms with Crippen LogP contribution in [0.1, 0.15) is 32.3 Å². The number of allylic oxidation sites excluding steroid dienone is 2. The monoisotopic (exact) mass is 322 g/mol. The third kappa shape index (κ3) is 5.11. The summed E-state index contributed by atoms with van der Waals surface area (Å²) >= 11 is 0.897. The van der Waals surface area contributed by atoms with E-state index in [2.05, 4.69) is 6.07 Å². The summed E-state index contributed by atoms with van der Waals surface area (Å²) in [4.78, 5) is 0. The minimum atomic E-state index is -0.333. The van der Waals surface area contributed by atoms with Crippen LogP contribution in [0.3, 0.4) is 0 Å². The van der Waals surface area contributed by atoms with Crippen molar-refractivity contribution in [3.63, 3.8) is 0 Å². The van der Waals surface area contributed by atoms with Crippen LogP contribution in [0.15, 0.2) is 42.5 Å². The fourth-order valence-electron chi connectivity index (χ4n) is 2.50. The van der Waals surface area contributed by atoms with Gasteiger partial charge in [-0.3, -0.25) is 0 Å². The summed E-state index contributed by atoms with van der Waals surface area (Å²) in [5, 5.41) is 0. The molecule has 3 nitrogen and oxygen atoms in total. The lowest BCUT2D eigenvalue weighted by atomic mass is 9.97. The number of aryl methyl sites for hydroxylation is 1. The second kappa shape index (κ2) is 9.59. The Labute approximate surface area is 138 Å². The molecule has 0 saturated carbocycles. The van der Waals surface area contributed by atoms with E-state index in [1.54, 1.807) is 14.2 Å². The molecule has 0 unspecified atom stereocenters. The number of benzene rings is 1. The molecule has 0 heterocycles. The highest BCUT2D eigenvalue weighted by Crippen LogP contribution is 2.33. The predicted molar refractivity (Wildman–Crippen MR) is 95.1 cm³/mol. The molecular formula is C18H26O3S. The van der Waals surface area contributed by atoms with E-state index in [0.29, 0.717) is 0 Å². The zero-order chi connectivity index (χ0) is 16.4. The van der Waals surface area contributed by atoms with Crippen LogP contribution >= 0.6 is 12.0 Å². The summed E-state index contributed by atoms with van der Waals surface area (Å²) in [5.74, 6) is 1.50. The van der Waals surface area contributed by atoms with E-state index in [1.165, 1.54) is 5.56 Å². The van der Waals surface area contributed by atoms with Gasteiger partial charge in [-0.2, -0.15) is 0 Å². The van der Waals surface area contributed by atoms with Crippen LogP contribution in [0.25, 0.3) is 0 Å². The number of hydrogen-bond acceptors (Lipinski definition) is 4. The Hall–Kier alpha value is -1.39. The molecule has 0 atom stereocenters. The standard InChI is InChI=1S/C18H26O3S/c1-5-11-18(22-19,12-6-2)13-7-8-15-9-10-16(20-3)17(14-15)21-4/h5-6,9-12,14,19H,7-8,13H2,1-4H3/b11-5+,12-6+. The maximum absolute atomic E-state index is 9.66. The van der Waals surface area contributed by atoms with E-state index in [4.69, 9.17) is 9.47 Å². The Morgan fingerprint density at radius 1 is 1.09 bits per heavy atom. The van der Waals surface area contributed by atoms with Crippen molar-refractivity contribution in [1.82, 2.24) is 0 Å². The van der Waals surface area contributed by atoms with Crippen molar-refractivity contribution in [3.8, 4) is 11.5 Å². The SMILES string of the molecule is C/C=C/C(/C=C/C)(CCCc1ccc(OC)c(OC)c1)SO. The van der Waals surface area contributed by atoms with E-state index in [0.717, 1.165) is 42.8 Å². The van der Waals surface area contributed by atoms with E-state index in [-0.39, 0.29) is 4.75 Å². The Kier molecular flexibility index (Phi) is 8.13. The first-order valence-electron chi connectivity index (χ1n) is 7.46. The molecule has 22 heavy (non-hydrogen) atoms. The molecule has 0 saturated heterocycles. The molecule has 1 N–H and O–H groups in total. The van der Waals surface area contributed by atoms with Crippen molar-refractivity contribution in [1.29, 1.82) is 0 Å². The van der Waals surface area contributed by atoms with Gasteiger partial charge in [0.15, 0.2) is 11.5 Å². The van der Waals surface area contributed by atoms with Gasteiger partial charge in [0.25, 0.3) is 0 Å². The van der Waals surface area contributed by atoms with Crippen LogP contribution in [0, 0.1) is 0 Å². The lowest BCUT2D eigenvalue weighted by molar-refractivity contribution is 0.354. The van der Waals surface area contributed by atoms with Crippen molar-refractivity contribution < 1.29 is 14.0 Å². The smallest absolute Gasteiger partial charge is 0.160 e. The lowest BCUT2D eigenvalue weighted by Gasteiger charge is -2.23.